The van der Waals surface area contributed by atoms with Crippen LogP contribution in [0.5, 0.6) is 0 Å². The number of anilines is 2. The van der Waals surface area contributed by atoms with E-state index in [0.717, 1.165) is 6.42 Å². The number of rotatable bonds is 7. The van der Waals surface area contributed by atoms with Gasteiger partial charge in [0.25, 0.3) is 5.91 Å². The Morgan fingerprint density at radius 1 is 1.37 bits per heavy atom. The van der Waals surface area contributed by atoms with E-state index in [-0.39, 0.29) is 11.7 Å². The van der Waals surface area contributed by atoms with Gasteiger partial charge in [0.1, 0.15) is 23.0 Å². The van der Waals surface area contributed by atoms with E-state index in [0.29, 0.717) is 42.0 Å². The predicted molar refractivity (Wildman–Crippen MR) is 103 cm³/mol. The van der Waals surface area contributed by atoms with Crippen LogP contribution in [-0.2, 0) is 9.59 Å². The van der Waals surface area contributed by atoms with Gasteiger partial charge in [0.2, 0.25) is 6.41 Å². The van der Waals surface area contributed by atoms with Crippen LogP contribution in [0.4, 0.5) is 11.6 Å². The Morgan fingerprint density at radius 2 is 2.07 bits per heavy atom. The van der Waals surface area contributed by atoms with Gasteiger partial charge < -0.3 is 16.4 Å². The van der Waals surface area contributed by atoms with Gasteiger partial charge in [-0.25, -0.2) is 4.79 Å². The minimum absolute atomic E-state index is 0.190. The number of nitrogens with zero attached hydrogens (tertiary/aromatic N) is 2. The number of carbonyl (C=O) groups excluding carboxylic acids is 2. The van der Waals surface area contributed by atoms with Crippen molar-refractivity contribution >= 4 is 24.0 Å². The highest BCUT2D eigenvalue weighted by Gasteiger charge is 2.46. The predicted octanol–water partition coefficient (Wildman–Crippen LogP) is 1.44. The van der Waals surface area contributed by atoms with Crippen LogP contribution in [-0.4, -0.2) is 32.8 Å². The fraction of sp³-hybridized carbons (Fsp3) is 0.444. The number of carbonyl (C=O) groups is 2. The molecule has 5 N–H and O–H groups in total. The average molecular weight is 374 g/mol. The first kappa shape index (κ1) is 20.2. The minimum Gasteiger partial charge on any atom is -0.385 e. The molecule has 27 heavy (non-hydrogen) atoms. The van der Waals surface area contributed by atoms with Gasteiger partial charge in [-0.3, -0.25) is 19.5 Å². The van der Waals surface area contributed by atoms with Crippen LogP contribution in [0.15, 0.2) is 33.9 Å². The monoisotopic (exact) mass is 374 g/mol. The highest BCUT2D eigenvalue weighted by molar-refractivity contribution is 5.99. The van der Waals surface area contributed by atoms with E-state index in [2.05, 4.69) is 20.6 Å². The van der Waals surface area contributed by atoms with Crippen molar-refractivity contribution in [2.75, 3.05) is 11.1 Å². The van der Waals surface area contributed by atoms with Crippen molar-refractivity contribution in [3.8, 4) is 0 Å². The Morgan fingerprint density at radius 3 is 2.63 bits per heavy atom. The lowest BCUT2D eigenvalue weighted by molar-refractivity contribution is -0.121. The molecule has 0 saturated carbocycles. The van der Waals surface area contributed by atoms with Gasteiger partial charge >= 0.3 is 5.69 Å². The Balaban J connectivity index is 2.37. The molecule has 9 heteroatoms. The number of hydrogen-bond donors (Lipinski definition) is 4. The van der Waals surface area contributed by atoms with Gasteiger partial charge in [0.15, 0.2) is 0 Å². The topological polar surface area (TPSA) is 133 Å². The molecule has 0 bridgehead atoms. The van der Waals surface area contributed by atoms with Gasteiger partial charge in [-0.2, -0.15) is 4.98 Å². The summed E-state index contributed by atoms with van der Waals surface area (Å²) in [5.74, 6) is 0.201. The molecule has 1 aromatic heterocycles. The second kappa shape index (κ2) is 8.07. The highest BCUT2D eigenvalue weighted by Crippen LogP contribution is 2.33. The standard InChI is InChI=1S/C18H26N6O3/c1-5-7-18(6-2)23-16(26)15(24(18)10-25)11(3)8-12(4)20-14-9-13(19)21-17(27)22-14/h8-10H,5-7H2,1-4H3,(H,23,26)(H4,19,20,21,22,27)/b12-8+,15-11-. The molecule has 1 fully saturated rings. The van der Waals surface area contributed by atoms with E-state index in [1.807, 2.05) is 13.8 Å². The maximum absolute atomic E-state index is 12.6. The quantitative estimate of drug-likeness (QED) is 0.421. The zero-order valence-corrected chi connectivity index (χ0v) is 16.0. The maximum Gasteiger partial charge on any atom is 0.348 e. The third-order valence-corrected chi connectivity index (χ3v) is 4.51. The molecule has 146 valence electrons. The van der Waals surface area contributed by atoms with Gasteiger partial charge in [-0.15, -0.1) is 0 Å². The molecule has 1 unspecified atom stereocenters. The molecule has 9 nitrogen and oxygen atoms in total. The first-order valence-electron chi connectivity index (χ1n) is 8.86. The fourth-order valence-electron chi connectivity index (χ4n) is 3.38. The van der Waals surface area contributed by atoms with E-state index in [1.54, 1.807) is 19.9 Å². The molecule has 1 saturated heterocycles. The summed E-state index contributed by atoms with van der Waals surface area (Å²) in [5, 5.41) is 5.92. The van der Waals surface area contributed by atoms with E-state index in [9.17, 15) is 14.4 Å². The Kier molecular flexibility index (Phi) is 6.04. The zero-order chi connectivity index (χ0) is 20.2. The molecular formula is C18H26N6O3. The zero-order valence-electron chi connectivity index (χ0n) is 16.0. The van der Waals surface area contributed by atoms with E-state index in [4.69, 9.17) is 5.73 Å². The molecule has 0 spiro atoms. The Bertz CT molecular complexity index is 857. The largest absolute Gasteiger partial charge is 0.385 e. The van der Waals surface area contributed by atoms with Gasteiger partial charge in [-0.1, -0.05) is 20.3 Å². The molecule has 0 aromatic carbocycles. The summed E-state index contributed by atoms with van der Waals surface area (Å²) in [5.41, 5.74) is 5.93. The van der Waals surface area contributed by atoms with Crippen LogP contribution < -0.4 is 22.1 Å². The van der Waals surface area contributed by atoms with Crippen LogP contribution >= 0.6 is 0 Å². The first-order valence-corrected chi connectivity index (χ1v) is 8.86. The summed E-state index contributed by atoms with van der Waals surface area (Å²) < 4.78 is 0. The van der Waals surface area contributed by atoms with Crippen LogP contribution in [0, 0.1) is 0 Å². The normalized spacial score (nSPS) is 21.9. The lowest BCUT2D eigenvalue weighted by atomic mass is 10.0. The van der Waals surface area contributed by atoms with Gasteiger partial charge in [-0.05, 0) is 38.3 Å². The van der Waals surface area contributed by atoms with Crippen molar-refractivity contribution in [3.63, 3.8) is 0 Å². The number of nitrogens with one attached hydrogen (secondary N) is 3. The van der Waals surface area contributed by atoms with Crippen LogP contribution in [0.25, 0.3) is 0 Å². The number of aromatic nitrogens is 2. The number of aromatic amines is 1. The molecule has 1 aliphatic rings. The van der Waals surface area contributed by atoms with E-state index < -0.39 is 11.4 Å². The Hall–Kier alpha value is -3.10. The van der Waals surface area contributed by atoms with Crippen molar-refractivity contribution in [2.45, 2.75) is 52.6 Å². The smallest absolute Gasteiger partial charge is 0.348 e. The second-order valence-electron chi connectivity index (χ2n) is 6.58. The van der Waals surface area contributed by atoms with Crippen LogP contribution in [0.1, 0.15) is 47.0 Å². The molecule has 1 aromatic rings. The van der Waals surface area contributed by atoms with Gasteiger partial charge in [0.05, 0.1) is 0 Å². The Labute approximate surface area is 157 Å². The summed E-state index contributed by atoms with van der Waals surface area (Å²) in [6.07, 6.45) is 4.53. The van der Waals surface area contributed by atoms with E-state index in [1.165, 1.54) is 11.0 Å². The molecule has 2 rings (SSSR count). The molecule has 1 atom stereocenters. The maximum atomic E-state index is 12.6. The summed E-state index contributed by atoms with van der Waals surface area (Å²) in [6.45, 7) is 7.47. The summed E-state index contributed by atoms with van der Waals surface area (Å²) in [6, 6.07) is 1.49. The van der Waals surface area contributed by atoms with Crippen LogP contribution in [0.2, 0.25) is 0 Å². The summed E-state index contributed by atoms with van der Waals surface area (Å²) in [7, 11) is 0. The molecule has 0 aliphatic carbocycles. The minimum atomic E-state index is -0.692. The number of H-pyrrole nitrogens is 1. The second-order valence-corrected chi connectivity index (χ2v) is 6.58. The number of amides is 2. The lowest BCUT2D eigenvalue weighted by Gasteiger charge is -2.34. The third kappa shape index (κ3) is 4.18. The van der Waals surface area contributed by atoms with Crippen molar-refractivity contribution in [2.24, 2.45) is 0 Å². The molecule has 1 aliphatic heterocycles. The molecule has 2 amide bonds. The summed E-state index contributed by atoms with van der Waals surface area (Å²) >= 11 is 0. The molecule has 2 heterocycles. The molecule has 0 radical (unpaired) electrons. The van der Waals surface area contributed by atoms with Crippen LogP contribution in [0.3, 0.4) is 0 Å². The fourth-order valence-corrected chi connectivity index (χ4v) is 3.38. The summed E-state index contributed by atoms with van der Waals surface area (Å²) in [4.78, 5) is 43.4. The number of nitrogen functional groups attached to an aromatic ring is 1. The van der Waals surface area contributed by atoms with Crippen molar-refractivity contribution in [3.05, 3.63) is 39.6 Å². The van der Waals surface area contributed by atoms with E-state index >= 15 is 0 Å². The lowest BCUT2D eigenvalue weighted by Crippen LogP contribution is -2.50. The first-order chi connectivity index (χ1) is 12.8. The highest BCUT2D eigenvalue weighted by atomic mass is 16.2. The van der Waals surface area contributed by atoms with Crippen molar-refractivity contribution < 1.29 is 9.59 Å². The van der Waals surface area contributed by atoms with Crippen molar-refractivity contribution in [1.82, 2.24) is 20.2 Å². The SMILES string of the molecule is CCCC1(CC)NC(=O)/C(=C(C)/C=C(\C)Nc2cc(N)[nH]c(=O)n2)N1C=O. The number of allylic oxidation sites excluding steroid dienone is 3. The molecular weight excluding hydrogens is 348 g/mol. The average Bonchev–Trinajstić information content (AvgIpc) is 2.85. The number of hydrogen-bond acceptors (Lipinski definition) is 6. The third-order valence-electron chi connectivity index (χ3n) is 4.51. The van der Waals surface area contributed by atoms with Gasteiger partial charge in [0, 0.05) is 11.8 Å². The van der Waals surface area contributed by atoms with Crippen molar-refractivity contribution in [1.29, 1.82) is 0 Å². The number of nitrogens with two attached hydrogens (primary N) is 1.